The third-order valence-electron chi connectivity index (χ3n) is 6.85. The van der Waals surface area contributed by atoms with Gasteiger partial charge in [0.1, 0.15) is 0 Å². The minimum Gasteiger partial charge on any atom is -0.452 e. The summed E-state index contributed by atoms with van der Waals surface area (Å²) in [6.45, 7) is 3.65. The molecule has 5 heteroatoms. The number of hydrogen-bond donors (Lipinski definition) is 1. The van der Waals surface area contributed by atoms with Gasteiger partial charge in [0.2, 0.25) is 0 Å². The molecule has 5 rings (SSSR count). The number of allylic oxidation sites excluding steroid dienone is 1. The Labute approximate surface area is 217 Å². The molecule has 0 aliphatic heterocycles. The zero-order chi connectivity index (χ0) is 25.8. The molecule has 0 fully saturated rings. The lowest BCUT2D eigenvalue weighted by atomic mass is 9.86. The van der Waals surface area contributed by atoms with Crippen LogP contribution in [0.1, 0.15) is 58.1 Å². The van der Waals surface area contributed by atoms with E-state index in [2.05, 4.69) is 23.5 Å². The Balaban J connectivity index is 1.45. The largest absolute Gasteiger partial charge is 0.452 e. The number of pyridine rings is 1. The van der Waals surface area contributed by atoms with E-state index in [9.17, 15) is 9.59 Å². The van der Waals surface area contributed by atoms with E-state index >= 15 is 0 Å². The fraction of sp³-hybridized carbons (Fsp3) is 0.219. The van der Waals surface area contributed by atoms with Crippen LogP contribution in [-0.4, -0.2) is 23.5 Å². The highest BCUT2D eigenvalue weighted by atomic mass is 16.5. The minimum absolute atomic E-state index is 0.353. The molecule has 5 nitrogen and oxygen atoms in total. The molecule has 37 heavy (non-hydrogen) atoms. The van der Waals surface area contributed by atoms with Gasteiger partial charge in [-0.1, -0.05) is 73.7 Å². The van der Waals surface area contributed by atoms with Crippen molar-refractivity contribution in [1.82, 2.24) is 4.98 Å². The Morgan fingerprint density at radius 1 is 0.973 bits per heavy atom. The van der Waals surface area contributed by atoms with E-state index in [0.717, 1.165) is 75.8 Å². The van der Waals surface area contributed by atoms with Crippen LogP contribution in [0.2, 0.25) is 0 Å². The van der Waals surface area contributed by atoms with Gasteiger partial charge in [-0.05, 0) is 72.6 Å². The van der Waals surface area contributed by atoms with Crippen molar-refractivity contribution in [1.29, 1.82) is 0 Å². The number of rotatable bonds is 6. The average molecular weight is 491 g/mol. The summed E-state index contributed by atoms with van der Waals surface area (Å²) in [5.41, 5.74) is 8.01. The van der Waals surface area contributed by atoms with Crippen molar-refractivity contribution in [2.75, 3.05) is 11.9 Å². The van der Waals surface area contributed by atoms with E-state index in [0.29, 0.717) is 5.56 Å². The molecule has 1 aromatic heterocycles. The number of carbonyl (C=O) groups excluding carboxylic acids is 2. The molecule has 0 radical (unpaired) electrons. The Hall–Kier alpha value is -4.25. The highest BCUT2D eigenvalue weighted by Crippen LogP contribution is 2.36. The summed E-state index contributed by atoms with van der Waals surface area (Å²) >= 11 is 0. The molecule has 0 saturated carbocycles. The van der Waals surface area contributed by atoms with Crippen molar-refractivity contribution >= 4 is 40.1 Å². The van der Waals surface area contributed by atoms with Crippen molar-refractivity contribution < 1.29 is 14.3 Å². The summed E-state index contributed by atoms with van der Waals surface area (Å²) in [4.78, 5) is 31.2. The summed E-state index contributed by atoms with van der Waals surface area (Å²) in [6.07, 6.45) is 5.49. The summed E-state index contributed by atoms with van der Waals surface area (Å²) in [5.74, 6) is -0.847. The van der Waals surface area contributed by atoms with Crippen molar-refractivity contribution in [3.05, 3.63) is 106 Å². The van der Waals surface area contributed by atoms with Crippen LogP contribution in [-0.2, 0) is 22.4 Å². The fourth-order valence-electron chi connectivity index (χ4n) is 5.04. The molecule has 4 aromatic rings. The van der Waals surface area contributed by atoms with Gasteiger partial charge in [-0.3, -0.25) is 4.79 Å². The van der Waals surface area contributed by atoms with Crippen LogP contribution >= 0.6 is 0 Å². The first kappa shape index (κ1) is 24.4. The van der Waals surface area contributed by atoms with E-state index in [-0.39, 0.29) is 12.5 Å². The second kappa shape index (κ2) is 10.8. The average Bonchev–Trinajstić information content (AvgIpc) is 2.92. The van der Waals surface area contributed by atoms with Gasteiger partial charge >= 0.3 is 5.97 Å². The lowest BCUT2D eigenvalue weighted by molar-refractivity contribution is -0.119. The Bertz CT molecular complexity index is 1510. The lowest BCUT2D eigenvalue weighted by Crippen LogP contribution is -2.23. The van der Waals surface area contributed by atoms with Gasteiger partial charge in [0.15, 0.2) is 6.61 Å². The minimum atomic E-state index is -0.494. The molecule has 1 aliphatic carbocycles. The van der Waals surface area contributed by atoms with Gasteiger partial charge in [-0.2, -0.15) is 0 Å². The number of esters is 1. The summed E-state index contributed by atoms with van der Waals surface area (Å²) < 4.78 is 5.60. The molecule has 1 amide bonds. The number of fused-ring (bicyclic) bond motifs is 2. The van der Waals surface area contributed by atoms with E-state index in [4.69, 9.17) is 9.72 Å². The number of aromatic nitrogens is 1. The first-order chi connectivity index (χ1) is 18.0. The molecule has 3 aromatic carbocycles. The number of carbonyl (C=O) groups is 2. The van der Waals surface area contributed by atoms with Crippen LogP contribution in [0, 0.1) is 6.92 Å². The van der Waals surface area contributed by atoms with Gasteiger partial charge in [0.25, 0.3) is 5.91 Å². The number of aryl methyl sites for hydroxylation is 2. The van der Waals surface area contributed by atoms with E-state index in [1.807, 2.05) is 74.5 Å². The van der Waals surface area contributed by atoms with Crippen LogP contribution in [0.15, 0.2) is 72.8 Å². The Kier molecular flexibility index (Phi) is 7.13. The quantitative estimate of drug-likeness (QED) is 0.303. The number of nitrogens with zero attached hydrogens (tertiary/aromatic N) is 1. The third-order valence-corrected chi connectivity index (χ3v) is 6.85. The smallest absolute Gasteiger partial charge is 0.339 e. The number of ether oxygens (including phenoxy) is 1. The van der Waals surface area contributed by atoms with Crippen LogP contribution < -0.4 is 5.32 Å². The molecular formula is C32H30N2O3. The van der Waals surface area contributed by atoms with Gasteiger partial charge in [-0.15, -0.1) is 0 Å². The zero-order valence-electron chi connectivity index (χ0n) is 21.2. The highest BCUT2D eigenvalue weighted by Gasteiger charge is 2.26. The summed E-state index contributed by atoms with van der Waals surface area (Å²) in [5, 5.41) is 3.68. The van der Waals surface area contributed by atoms with Crippen LogP contribution in [0.5, 0.6) is 0 Å². The molecule has 186 valence electrons. The molecule has 0 atom stereocenters. The number of benzene rings is 3. The molecule has 1 heterocycles. The van der Waals surface area contributed by atoms with Crippen LogP contribution in [0.4, 0.5) is 5.69 Å². The van der Waals surface area contributed by atoms with Crippen LogP contribution in [0.3, 0.4) is 0 Å². The van der Waals surface area contributed by atoms with Crippen molar-refractivity contribution in [2.45, 2.75) is 39.5 Å². The van der Waals surface area contributed by atoms with Gasteiger partial charge in [0.05, 0.1) is 16.8 Å². The number of amides is 1. The molecular weight excluding hydrogens is 460 g/mol. The predicted molar refractivity (Wildman–Crippen MR) is 148 cm³/mol. The Morgan fingerprint density at radius 3 is 2.57 bits per heavy atom. The topological polar surface area (TPSA) is 68.3 Å². The van der Waals surface area contributed by atoms with Gasteiger partial charge in [-0.25, -0.2) is 9.78 Å². The summed E-state index contributed by atoms with van der Waals surface area (Å²) in [6, 6.07) is 23.7. The molecule has 1 N–H and O–H groups in total. The highest BCUT2D eigenvalue weighted by molar-refractivity contribution is 6.07. The van der Waals surface area contributed by atoms with Crippen molar-refractivity contribution in [2.24, 2.45) is 0 Å². The maximum atomic E-state index is 13.5. The van der Waals surface area contributed by atoms with Crippen LogP contribution in [0.25, 0.3) is 22.6 Å². The lowest BCUT2D eigenvalue weighted by Gasteiger charge is -2.22. The first-order valence-corrected chi connectivity index (χ1v) is 12.8. The molecule has 0 spiro atoms. The third kappa shape index (κ3) is 5.17. The zero-order valence-corrected chi connectivity index (χ0v) is 21.2. The van der Waals surface area contributed by atoms with Gasteiger partial charge in [0, 0.05) is 11.1 Å². The maximum absolute atomic E-state index is 13.5. The fourth-order valence-corrected chi connectivity index (χ4v) is 5.04. The van der Waals surface area contributed by atoms with Crippen molar-refractivity contribution in [3.63, 3.8) is 0 Å². The standard InChI is InChI=1S/C32H30N2O3/c1-3-23-14-9-11-21(2)30(23)34-28(35)20-37-32(36)29-25-16-7-8-18-27(25)33-31-24(15-10-17-26(29)31)19-22-12-5-4-6-13-22/h4-9,11-14,16,18-19H,3,10,15,17,20H2,1-2H3,(H,34,35). The van der Waals surface area contributed by atoms with E-state index in [1.54, 1.807) is 0 Å². The maximum Gasteiger partial charge on any atom is 0.339 e. The van der Waals surface area contributed by atoms with E-state index in [1.165, 1.54) is 0 Å². The number of nitrogens with one attached hydrogen (secondary N) is 1. The second-order valence-electron chi connectivity index (χ2n) is 9.35. The molecule has 1 aliphatic rings. The molecule has 0 bridgehead atoms. The number of hydrogen-bond acceptors (Lipinski definition) is 4. The first-order valence-electron chi connectivity index (χ1n) is 12.8. The second-order valence-corrected chi connectivity index (χ2v) is 9.35. The number of para-hydroxylation sites is 2. The summed E-state index contributed by atoms with van der Waals surface area (Å²) in [7, 11) is 0. The normalized spacial score (nSPS) is 13.8. The Morgan fingerprint density at radius 2 is 1.76 bits per heavy atom. The van der Waals surface area contributed by atoms with Gasteiger partial charge < -0.3 is 10.1 Å². The number of anilines is 1. The van der Waals surface area contributed by atoms with E-state index < -0.39 is 5.97 Å². The predicted octanol–water partition coefficient (Wildman–Crippen LogP) is 6.78. The molecule has 0 unspecified atom stereocenters. The SMILES string of the molecule is CCc1cccc(C)c1NC(=O)COC(=O)c1c2c(nc3ccccc13)C(=Cc1ccccc1)CCC2. The molecule has 0 saturated heterocycles. The van der Waals surface area contributed by atoms with Crippen molar-refractivity contribution in [3.8, 4) is 0 Å². The monoisotopic (exact) mass is 490 g/mol.